The van der Waals surface area contributed by atoms with E-state index in [1.165, 1.54) is 96.3 Å². The van der Waals surface area contributed by atoms with E-state index in [4.69, 9.17) is 37.0 Å². The molecule has 104 heavy (non-hydrogen) atoms. The monoisotopic (exact) mass is 1500 g/mol. The number of phosphoric acid groups is 2. The molecule has 600 valence electrons. The number of allylic oxidation sites excluding steroid dienone is 18. The van der Waals surface area contributed by atoms with Crippen molar-refractivity contribution in [3.63, 3.8) is 0 Å². The van der Waals surface area contributed by atoms with Gasteiger partial charge in [-0.1, -0.05) is 278 Å². The van der Waals surface area contributed by atoms with Crippen LogP contribution in [0.4, 0.5) is 0 Å². The number of aliphatic hydroxyl groups excluding tert-OH is 1. The Kier molecular flexibility index (Phi) is 73.7. The van der Waals surface area contributed by atoms with Gasteiger partial charge in [-0.2, -0.15) is 0 Å². The third-order valence-corrected chi connectivity index (χ3v) is 19.1. The van der Waals surface area contributed by atoms with Gasteiger partial charge in [0.05, 0.1) is 26.4 Å². The lowest BCUT2D eigenvalue weighted by molar-refractivity contribution is -0.161. The van der Waals surface area contributed by atoms with Crippen LogP contribution in [0.5, 0.6) is 0 Å². The Hall–Kier alpha value is -4.28. The quantitative estimate of drug-likeness (QED) is 0.0169. The maximum absolute atomic E-state index is 13.1. The van der Waals surface area contributed by atoms with Crippen molar-refractivity contribution in [2.45, 2.75) is 367 Å². The van der Waals surface area contributed by atoms with Gasteiger partial charge in [0.1, 0.15) is 19.3 Å². The first kappa shape index (κ1) is 99.7. The zero-order valence-corrected chi connectivity index (χ0v) is 67.5. The summed E-state index contributed by atoms with van der Waals surface area (Å²) < 4.78 is 68.6. The van der Waals surface area contributed by atoms with Crippen LogP contribution in [0.15, 0.2) is 109 Å². The Balaban J connectivity index is 5.40. The van der Waals surface area contributed by atoms with E-state index in [1.807, 2.05) is 0 Å². The number of ether oxygens (including phenoxy) is 4. The second-order valence-corrected chi connectivity index (χ2v) is 30.2. The molecule has 0 amide bonds. The normalized spacial score (nSPS) is 14.4. The topological polar surface area (TPSA) is 237 Å². The second-order valence-electron chi connectivity index (χ2n) is 27.3. The van der Waals surface area contributed by atoms with Crippen molar-refractivity contribution >= 4 is 39.5 Å². The van der Waals surface area contributed by atoms with E-state index >= 15 is 0 Å². The molecular formula is C85H148O17P2. The van der Waals surface area contributed by atoms with Crippen LogP contribution in [0.2, 0.25) is 0 Å². The number of unbranched alkanes of at least 4 members (excludes halogenated alkanes) is 33. The van der Waals surface area contributed by atoms with Gasteiger partial charge >= 0.3 is 39.5 Å². The highest BCUT2D eigenvalue weighted by Gasteiger charge is 2.30. The van der Waals surface area contributed by atoms with Gasteiger partial charge in [0.2, 0.25) is 0 Å². The molecule has 0 aliphatic carbocycles. The summed E-state index contributed by atoms with van der Waals surface area (Å²) in [6, 6.07) is 0. The molecule has 0 spiro atoms. The molecule has 0 rings (SSSR count). The molecule has 0 aliphatic heterocycles. The summed E-state index contributed by atoms with van der Waals surface area (Å²) in [6.45, 7) is 4.68. The number of hydrogen-bond donors (Lipinski definition) is 3. The molecule has 5 atom stereocenters. The van der Waals surface area contributed by atoms with Crippen molar-refractivity contribution in [3.05, 3.63) is 109 Å². The summed E-state index contributed by atoms with van der Waals surface area (Å²) in [7, 11) is -9.98. The Labute approximate surface area is 632 Å². The number of carbonyl (C=O) groups is 4. The van der Waals surface area contributed by atoms with Gasteiger partial charge in [0, 0.05) is 25.7 Å². The fraction of sp³-hybridized carbons (Fsp3) is 0.741. The number of esters is 4. The minimum Gasteiger partial charge on any atom is -0.462 e. The van der Waals surface area contributed by atoms with Crippen molar-refractivity contribution < 1.29 is 80.2 Å². The fourth-order valence-electron chi connectivity index (χ4n) is 10.9. The fourth-order valence-corrected chi connectivity index (χ4v) is 12.5. The predicted octanol–water partition coefficient (Wildman–Crippen LogP) is 24.1. The molecule has 5 unspecified atom stereocenters. The highest BCUT2D eigenvalue weighted by Crippen LogP contribution is 2.45. The largest absolute Gasteiger partial charge is 0.472 e. The molecule has 0 aromatic rings. The molecule has 0 aliphatic rings. The van der Waals surface area contributed by atoms with Gasteiger partial charge < -0.3 is 33.8 Å². The third kappa shape index (κ3) is 75.9. The maximum Gasteiger partial charge on any atom is 0.472 e. The zero-order chi connectivity index (χ0) is 76.0. The standard InChI is InChI=1S/C85H148O17P2/c1-5-9-13-17-21-25-29-33-37-38-39-40-44-46-50-54-58-62-66-70-83(88)96-76-81(102-85(90)72-68-64-60-56-52-48-43-36-32-28-24-20-16-12-8-4)78-100-104(93,94)98-74-79(86)73-97-103(91,92)99-77-80(101-84(89)71-67-63-59-55-51-47-42-35-31-27-23-19-15-11-7-3)75-95-82(87)69-65-61-57-53-49-45-41-34-30-26-22-18-14-10-6-2/h12,16,21,24-25,28,33-37,39-43,52,56,79-81,86H,5-11,13-15,17-20,22-23,26-27,29-32,38,44-51,53-55,57-78H2,1-4H3,(H,91,92)(H,93,94)/b16-12-,25-21-,28-24-,37-33-,40-39-,41-34-,42-35-,43-36-,56-52-. The summed E-state index contributed by atoms with van der Waals surface area (Å²) in [5, 5.41) is 10.6. The smallest absolute Gasteiger partial charge is 0.462 e. The molecule has 0 aromatic heterocycles. The maximum atomic E-state index is 13.1. The molecule has 0 saturated heterocycles. The molecule has 0 fully saturated rings. The lowest BCUT2D eigenvalue weighted by atomic mass is 10.1. The lowest BCUT2D eigenvalue weighted by Gasteiger charge is -2.21. The van der Waals surface area contributed by atoms with Crippen LogP contribution in [0.1, 0.15) is 349 Å². The van der Waals surface area contributed by atoms with Gasteiger partial charge in [0.15, 0.2) is 12.2 Å². The van der Waals surface area contributed by atoms with Crippen LogP contribution in [0.25, 0.3) is 0 Å². The molecule has 0 radical (unpaired) electrons. The number of carbonyl (C=O) groups excluding carboxylic acids is 4. The highest BCUT2D eigenvalue weighted by molar-refractivity contribution is 7.47. The Morgan fingerprint density at radius 1 is 0.279 bits per heavy atom. The molecule has 0 heterocycles. The average Bonchev–Trinajstić information content (AvgIpc) is 0.999. The molecule has 0 aromatic carbocycles. The molecule has 0 saturated carbocycles. The van der Waals surface area contributed by atoms with Crippen molar-refractivity contribution in [3.8, 4) is 0 Å². The minimum absolute atomic E-state index is 0.0382. The first-order valence-corrected chi connectivity index (χ1v) is 44.1. The zero-order valence-electron chi connectivity index (χ0n) is 65.7. The first-order valence-electron chi connectivity index (χ1n) is 41.1. The van der Waals surface area contributed by atoms with Crippen molar-refractivity contribution in [1.29, 1.82) is 0 Å². The number of aliphatic hydroxyl groups is 1. The van der Waals surface area contributed by atoms with E-state index in [-0.39, 0.29) is 25.7 Å². The van der Waals surface area contributed by atoms with Crippen molar-refractivity contribution in [1.82, 2.24) is 0 Å². The van der Waals surface area contributed by atoms with Gasteiger partial charge in [-0.3, -0.25) is 37.3 Å². The number of phosphoric ester groups is 2. The summed E-state index contributed by atoms with van der Waals surface area (Å²) in [5.41, 5.74) is 0. The summed E-state index contributed by atoms with van der Waals surface area (Å²) in [6.07, 6.45) is 83.5. The molecule has 19 heteroatoms. The van der Waals surface area contributed by atoms with Crippen molar-refractivity contribution in [2.24, 2.45) is 0 Å². The van der Waals surface area contributed by atoms with Gasteiger partial charge in [-0.05, 0) is 154 Å². The van der Waals surface area contributed by atoms with E-state index in [0.717, 1.165) is 167 Å². The first-order chi connectivity index (χ1) is 50.7. The van der Waals surface area contributed by atoms with Crippen molar-refractivity contribution in [2.75, 3.05) is 39.6 Å². The van der Waals surface area contributed by atoms with Gasteiger partial charge in [-0.15, -0.1) is 0 Å². The molecule has 17 nitrogen and oxygen atoms in total. The number of rotatable bonds is 77. The Bertz CT molecular complexity index is 2390. The Morgan fingerprint density at radius 3 is 0.817 bits per heavy atom. The number of hydrogen-bond acceptors (Lipinski definition) is 15. The van der Waals surface area contributed by atoms with E-state index in [2.05, 4.69) is 137 Å². The van der Waals surface area contributed by atoms with Gasteiger partial charge in [0.25, 0.3) is 0 Å². The second kappa shape index (κ2) is 76.9. The van der Waals surface area contributed by atoms with Crippen LogP contribution < -0.4 is 0 Å². The molecule has 3 N–H and O–H groups in total. The predicted molar refractivity (Wildman–Crippen MR) is 427 cm³/mol. The molecule has 0 bridgehead atoms. The average molecular weight is 1500 g/mol. The third-order valence-electron chi connectivity index (χ3n) is 17.2. The van der Waals surface area contributed by atoms with E-state index in [0.29, 0.717) is 32.1 Å². The summed E-state index contributed by atoms with van der Waals surface area (Å²) in [5.74, 6) is -2.24. The summed E-state index contributed by atoms with van der Waals surface area (Å²) in [4.78, 5) is 73.1. The van der Waals surface area contributed by atoms with E-state index in [1.54, 1.807) is 0 Å². The van der Waals surface area contributed by atoms with Crippen LogP contribution in [0, 0.1) is 0 Å². The SMILES string of the molecule is CC/C=C\C/C=C\C/C=C\C/C=C\CCCCC(=O)OC(COC(=O)CCCCCCCC/C=C\C/C=C\C/C=C\CCCCC)COP(=O)(O)OCC(O)COP(=O)(O)OCC(COC(=O)CCCCCCC/C=C\CCCCCCCC)OC(=O)CCCCCCC/C=C\CCCCCCCC. The molecular weight excluding hydrogens is 1350 g/mol. The Morgan fingerprint density at radius 2 is 0.500 bits per heavy atom. The van der Waals surface area contributed by atoms with Gasteiger partial charge in [-0.25, -0.2) is 9.13 Å². The minimum atomic E-state index is -4.99. The highest BCUT2D eigenvalue weighted by atomic mass is 31.2. The van der Waals surface area contributed by atoms with E-state index < -0.39 is 97.5 Å². The van der Waals surface area contributed by atoms with Crippen LogP contribution in [-0.4, -0.2) is 96.7 Å². The van der Waals surface area contributed by atoms with E-state index in [9.17, 15) is 43.2 Å². The van der Waals surface area contributed by atoms with Crippen LogP contribution >= 0.6 is 15.6 Å². The van der Waals surface area contributed by atoms with Crippen LogP contribution in [0.3, 0.4) is 0 Å². The lowest BCUT2D eigenvalue weighted by Crippen LogP contribution is -2.30. The van der Waals surface area contributed by atoms with Crippen LogP contribution in [-0.2, 0) is 65.4 Å². The summed E-state index contributed by atoms with van der Waals surface area (Å²) >= 11 is 0.